The first-order chi connectivity index (χ1) is 9.15. The molecule has 0 spiro atoms. The van der Waals surface area contributed by atoms with Gasteiger partial charge in [-0.05, 0) is 51.1 Å². The molecule has 3 heteroatoms. The summed E-state index contributed by atoms with van der Waals surface area (Å²) in [6.07, 6.45) is 1.93. The third kappa shape index (κ3) is 2.87. The number of aromatic nitrogens is 1. The van der Waals surface area contributed by atoms with Gasteiger partial charge in [-0.15, -0.1) is 0 Å². The van der Waals surface area contributed by atoms with Crippen LogP contribution in [0.5, 0.6) is 5.75 Å². The maximum atomic E-state index is 5.13. The van der Waals surface area contributed by atoms with E-state index in [0.717, 1.165) is 18.0 Å². The van der Waals surface area contributed by atoms with Gasteiger partial charge in [0.25, 0.3) is 0 Å². The van der Waals surface area contributed by atoms with Gasteiger partial charge in [0.15, 0.2) is 0 Å². The minimum atomic E-state index is 0.850. The number of hydrogen-bond acceptors (Lipinski definition) is 2. The van der Waals surface area contributed by atoms with E-state index in [-0.39, 0.29) is 0 Å². The van der Waals surface area contributed by atoms with Crippen molar-refractivity contribution in [3.63, 3.8) is 0 Å². The zero-order valence-electron chi connectivity index (χ0n) is 12.0. The third-order valence-electron chi connectivity index (χ3n) is 3.35. The number of aryl methyl sites for hydroxylation is 1. The molecule has 0 aliphatic heterocycles. The lowest BCUT2D eigenvalue weighted by atomic mass is 10.2. The van der Waals surface area contributed by atoms with Crippen LogP contribution in [0.4, 0.5) is 5.69 Å². The Morgan fingerprint density at radius 1 is 1.21 bits per heavy atom. The van der Waals surface area contributed by atoms with E-state index in [1.54, 1.807) is 7.11 Å². The zero-order valence-corrected chi connectivity index (χ0v) is 12.0. The van der Waals surface area contributed by atoms with Gasteiger partial charge in [-0.2, -0.15) is 0 Å². The minimum absolute atomic E-state index is 0.850. The van der Waals surface area contributed by atoms with E-state index in [9.17, 15) is 0 Å². The van der Waals surface area contributed by atoms with Crippen LogP contribution in [0.3, 0.4) is 0 Å². The molecule has 2 rings (SSSR count). The molecule has 0 radical (unpaired) electrons. The van der Waals surface area contributed by atoms with Crippen LogP contribution >= 0.6 is 0 Å². The van der Waals surface area contributed by atoms with Crippen molar-refractivity contribution in [2.24, 2.45) is 4.99 Å². The van der Waals surface area contributed by atoms with Gasteiger partial charge >= 0.3 is 0 Å². The Labute approximate surface area is 114 Å². The number of aliphatic imine (C=N–C) groups is 1. The minimum Gasteiger partial charge on any atom is -0.497 e. The van der Waals surface area contributed by atoms with Crippen LogP contribution in [0.1, 0.15) is 23.9 Å². The Morgan fingerprint density at radius 3 is 2.42 bits per heavy atom. The molecule has 0 atom stereocenters. The maximum absolute atomic E-state index is 5.13. The Kier molecular flexibility index (Phi) is 4.05. The average Bonchev–Trinajstić information content (AvgIpc) is 2.71. The lowest BCUT2D eigenvalue weighted by Crippen LogP contribution is -1.99. The molecular weight excluding hydrogens is 236 g/mol. The van der Waals surface area contributed by atoms with Crippen LogP contribution in [0, 0.1) is 13.8 Å². The summed E-state index contributed by atoms with van der Waals surface area (Å²) in [6.45, 7) is 7.41. The lowest BCUT2D eigenvalue weighted by Gasteiger charge is -2.04. The summed E-state index contributed by atoms with van der Waals surface area (Å²) in [4.78, 5) is 4.51. The molecule has 1 aromatic carbocycles. The van der Waals surface area contributed by atoms with Crippen molar-refractivity contribution in [1.82, 2.24) is 4.57 Å². The zero-order chi connectivity index (χ0) is 13.8. The first-order valence-electron chi connectivity index (χ1n) is 6.50. The second-order valence-corrected chi connectivity index (χ2v) is 4.53. The van der Waals surface area contributed by atoms with Crippen molar-refractivity contribution in [2.75, 3.05) is 7.11 Å². The molecule has 1 aromatic heterocycles. The monoisotopic (exact) mass is 256 g/mol. The highest BCUT2D eigenvalue weighted by Crippen LogP contribution is 2.19. The molecule has 0 saturated heterocycles. The number of rotatable bonds is 4. The van der Waals surface area contributed by atoms with E-state index >= 15 is 0 Å². The topological polar surface area (TPSA) is 26.5 Å². The van der Waals surface area contributed by atoms with Crippen molar-refractivity contribution in [3.05, 3.63) is 47.3 Å². The van der Waals surface area contributed by atoms with Gasteiger partial charge in [0.1, 0.15) is 5.75 Å². The molecule has 19 heavy (non-hydrogen) atoms. The van der Waals surface area contributed by atoms with Gasteiger partial charge in [0.05, 0.1) is 12.8 Å². The molecule has 0 N–H and O–H groups in total. The highest BCUT2D eigenvalue weighted by Gasteiger charge is 2.05. The van der Waals surface area contributed by atoms with Crippen LogP contribution in [-0.4, -0.2) is 17.9 Å². The maximum Gasteiger partial charge on any atom is 0.119 e. The highest BCUT2D eigenvalue weighted by atomic mass is 16.5. The third-order valence-corrected chi connectivity index (χ3v) is 3.35. The number of methoxy groups -OCH3 is 1. The van der Waals surface area contributed by atoms with Gasteiger partial charge in [-0.1, -0.05) is 0 Å². The summed E-state index contributed by atoms with van der Waals surface area (Å²) in [5.74, 6) is 0.850. The van der Waals surface area contributed by atoms with Crippen molar-refractivity contribution in [2.45, 2.75) is 27.3 Å². The van der Waals surface area contributed by atoms with E-state index in [2.05, 4.69) is 36.4 Å². The molecule has 0 unspecified atom stereocenters. The Morgan fingerprint density at radius 2 is 1.89 bits per heavy atom. The molecule has 3 nitrogen and oxygen atoms in total. The average molecular weight is 256 g/mol. The van der Waals surface area contributed by atoms with Gasteiger partial charge < -0.3 is 9.30 Å². The molecule has 0 amide bonds. The number of nitrogens with zero attached hydrogens (tertiary/aromatic N) is 2. The van der Waals surface area contributed by atoms with Crippen LogP contribution in [-0.2, 0) is 6.54 Å². The van der Waals surface area contributed by atoms with E-state index in [0.29, 0.717) is 0 Å². The van der Waals surface area contributed by atoms with E-state index < -0.39 is 0 Å². The molecule has 0 bridgehead atoms. The lowest BCUT2D eigenvalue weighted by molar-refractivity contribution is 0.415. The molecule has 0 fully saturated rings. The fraction of sp³-hybridized carbons (Fsp3) is 0.312. The van der Waals surface area contributed by atoms with Crippen LogP contribution < -0.4 is 4.74 Å². The predicted octanol–water partition coefficient (Wildman–Crippen LogP) is 3.88. The van der Waals surface area contributed by atoms with Crippen molar-refractivity contribution in [3.8, 4) is 5.75 Å². The molecule has 0 aliphatic carbocycles. The number of hydrogen-bond donors (Lipinski definition) is 0. The van der Waals surface area contributed by atoms with Crippen molar-refractivity contribution in [1.29, 1.82) is 0 Å². The standard InChI is InChI=1S/C16H20N2O/c1-5-18-12(2)10-14(13(18)3)11-17-15-6-8-16(19-4)9-7-15/h6-11H,5H2,1-4H3. The normalized spacial score (nSPS) is 11.2. The Bertz CT molecular complexity index is 580. The van der Waals surface area contributed by atoms with Crippen molar-refractivity contribution < 1.29 is 4.74 Å². The quantitative estimate of drug-likeness (QED) is 0.762. The summed E-state index contributed by atoms with van der Waals surface area (Å²) in [6, 6.07) is 9.92. The van der Waals surface area contributed by atoms with Gasteiger partial charge in [0, 0.05) is 29.7 Å². The molecule has 0 saturated carbocycles. The van der Waals surface area contributed by atoms with Crippen LogP contribution in [0.2, 0.25) is 0 Å². The summed E-state index contributed by atoms with van der Waals surface area (Å²) in [5.41, 5.74) is 4.64. The van der Waals surface area contributed by atoms with Crippen molar-refractivity contribution >= 4 is 11.9 Å². The SMILES string of the molecule is CCn1c(C)cc(C=Nc2ccc(OC)cc2)c1C. The number of benzene rings is 1. The first kappa shape index (κ1) is 13.4. The second kappa shape index (κ2) is 5.74. The van der Waals surface area contributed by atoms with Crippen LogP contribution in [0.15, 0.2) is 35.3 Å². The molecule has 100 valence electrons. The summed E-state index contributed by atoms with van der Waals surface area (Å²) >= 11 is 0. The second-order valence-electron chi connectivity index (χ2n) is 4.53. The molecule has 1 heterocycles. The van der Waals surface area contributed by atoms with E-state index in [1.807, 2.05) is 30.5 Å². The van der Waals surface area contributed by atoms with Gasteiger partial charge in [-0.3, -0.25) is 4.99 Å². The molecule has 0 aliphatic rings. The van der Waals surface area contributed by atoms with E-state index in [4.69, 9.17) is 4.74 Å². The largest absolute Gasteiger partial charge is 0.497 e. The fourth-order valence-corrected chi connectivity index (χ4v) is 2.26. The number of ether oxygens (including phenoxy) is 1. The molecule has 2 aromatic rings. The highest BCUT2D eigenvalue weighted by molar-refractivity contribution is 5.83. The predicted molar refractivity (Wildman–Crippen MR) is 79.8 cm³/mol. The molecular formula is C16H20N2O. The Balaban J connectivity index is 2.22. The van der Waals surface area contributed by atoms with Crippen LogP contribution in [0.25, 0.3) is 0 Å². The first-order valence-corrected chi connectivity index (χ1v) is 6.50. The van der Waals surface area contributed by atoms with E-state index in [1.165, 1.54) is 17.0 Å². The van der Waals surface area contributed by atoms with Gasteiger partial charge in [-0.25, -0.2) is 0 Å². The van der Waals surface area contributed by atoms with Gasteiger partial charge in [0.2, 0.25) is 0 Å². The smallest absolute Gasteiger partial charge is 0.119 e. The Hall–Kier alpha value is -2.03. The summed E-state index contributed by atoms with van der Waals surface area (Å²) in [7, 11) is 1.66. The summed E-state index contributed by atoms with van der Waals surface area (Å²) < 4.78 is 7.42. The fourth-order valence-electron chi connectivity index (χ4n) is 2.26. The summed E-state index contributed by atoms with van der Waals surface area (Å²) in [5, 5.41) is 0.